The van der Waals surface area contributed by atoms with E-state index < -0.39 is 0 Å². The summed E-state index contributed by atoms with van der Waals surface area (Å²) in [4.78, 5) is 17.1. The van der Waals surface area contributed by atoms with Gasteiger partial charge < -0.3 is 5.32 Å². The lowest BCUT2D eigenvalue weighted by molar-refractivity contribution is -0.126. The van der Waals surface area contributed by atoms with Gasteiger partial charge in [0.15, 0.2) is 4.34 Å². The zero-order valence-electron chi connectivity index (χ0n) is 13.3. The zero-order valence-corrected chi connectivity index (χ0v) is 14.9. The molecule has 1 aromatic heterocycles. The predicted molar refractivity (Wildman–Crippen MR) is 91.2 cm³/mol. The first-order chi connectivity index (χ1) is 10.5. The smallest absolute Gasteiger partial charge is 0.233 e. The van der Waals surface area contributed by atoms with Crippen molar-refractivity contribution in [2.24, 2.45) is 17.8 Å². The van der Waals surface area contributed by atoms with Gasteiger partial charge in [0.25, 0.3) is 0 Å². The highest BCUT2D eigenvalue weighted by Crippen LogP contribution is 2.55. The van der Waals surface area contributed by atoms with Crippen LogP contribution in [0.5, 0.6) is 0 Å². The minimum Gasteiger partial charge on any atom is -0.350 e. The van der Waals surface area contributed by atoms with Crippen molar-refractivity contribution in [1.29, 1.82) is 0 Å². The number of aromatic nitrogens is 1. The number of carbonyl (C=O) groups excluding carboxylic acids is 1. The van der Waals surface area contributed by atoms with Gasteiger partial charge in [-0.2, -0.15) is 0 Å². The van der Waals surface area contributed by atoms with Gasteiger partial charge in [0, 0.05) is 16.6 Å². The average molecular weight is 337 g/mol. The molecule has 3 nitrogen and oxygen atoms in total. The second kappa shape index (κ2) is 5.52. The highest BCUT2D eigenvalue weighted by Gasteiger charge is 2.51. The van der Waals surface area contributed by atoms with Crippen LogP contribution < -0.4 is 5.32 Å². The van der Waals surface area contributed by atoms with Crippen molar-refractivity contribution in [3.8, 4) is 0 Å². The number of amides is 1. The van der Waals surface area contributed by atoms with Gasteiger partial charge in [0.05, 0.1) is 5.25 Å². The van der Waals surface area contributed by atoms with Crippen LogP contribution in [0.1, 0.15) is 51.1 Å². The fourth-order valence-electron chi connectivity index (χ4n) is 5.22. The average Bonchev–Trinajstić information content (AvgIpc) is 2.81. The topological polar surface area (TPSA) is 42.0 Å². The molecule has 4 aliphatic rings. The van der Waals surface area contributed by atoms with E-state index in [-0.39, 0.29) is 16.7 Å². The molecule has 4 bridgehead atoms. The zero-order chi connectivity index (χ0) is 15.3. The first kappa shape index (κ1) is 15.0. The van der Waals surface area contributed by atoms with Gasteiger partial charge in [-0.05, 0) is 70.1 Å². The number of hydrogen-bond donors (Lipinski definition) is 1. The Bertz CT molecular complexity index is 548. The maximum absolute atomic E-state index is 12.7. The Labute approximate surface area is 140 Å². The molecular weight excluding hydrogens is 312 g/mol. The molecule has 0 saturated heterocycles. The molecule has 1 amide bonds. The monoisotopic (exact) mass is 336 g/mol. The lowest BCUT2D eigenvalue weighted by Gasteiger charge is -2.57. The summed E-state index contributed by atoms with van der Waals surface area (Å²) in [5.74, 6) is 2.82. The van der Waals surface area contributed by atoms with Gasteiger partial charge in [0.1, 0.15) is 0 Å². The third kappa shape index (κ3) is 2.82. The molecular formula is C17H24N2OS2. The van der Waals surface area contributed by atoms with Crippen LogP contribution in [0.15, 0.2) is 9.72 Å². The van der Waals surface area contributed by atoms with Crippen molar-refractivity contribution in [2.45, 2.75) is 67.5 Å². The number of thioether (sulfide) groups is 1. The number of nitrogens with zero attached hydrogens (tertiary/aromatic N) is 1. The van der Waals surface area contributed by atoms with Gasteiger partial charge in [-0.15, -0.1) is 11.3 Å². The molecule has 4 saturated carbocycles. The Morgan fingerprint density at radius 2 is 1.91 bits per heavy atom. The number of hydrogen-bond acceptors (Lipinski definition) is 4. The molecule has 5 heteroatoms. The predicted octanol–water partition coefficient (Wildman–Crippen LogP) is 4.02. The van der Waals surface area contributed by atoms with Gasteiger partial charge >= 0.3 is 0 Å². The summed E-state index contributed by atoms with van der Waals surface area (Å²) >= 11 is 3.23. The van der Waals surface area contributed by atoms with Crippen LogP contribution in [-0.2, 0) is 4.79 Å². The molecule has 1 heterocycles. The van der Waals surface area contributed by atoms with Crippen LogP contribution in [-0.4, -0.2) is 21.7 Å². The van der Waals surface area contributed by atoms with Gasteiger partial charge in [-0.3, -0.25) is 4.79 Å². The van der Waals surface area contributed by atoms with Gasteiger partial charge in [-0.1, -0.05) is 11.8 Å². The Balaban J connectivity index is 1.41. The Morgan fingerprint density at radius 1 is 1.32 bits per heavy atom. The van der Waals surface area contributed by atoms with E-state index in [0.29, 0.717) is 0 Å². The number of carbonyl (C=O) groups is 1. The Kier molecular flexibility index (Phi) is 3.76. The van der Waals surface area contributed by atoms with Crippen LogP contribution in [0.4, 0.5) is 0 Å². The summed E-state index contributed by atoms with van der Waals surface area (Å²) in [7, 11) is 0. The largest absolute Gasteiger partial charge is 0.350 e. The lowest BCUT2D eigenvalue weighted by Crippen LogP contribution is -2.60. The van der Waals surface area contributed by atoms with Crippen LogP contribution in [0.3, 0.4) is 0 Å². The third-order valence-electron chi connectivity index (χ3n) is 5.67. The number of thiazole rings is 1. The van der Waals surface area contributed by atoms with Crippen molar-refractivity contribution in [3.05, 3.63) is 11.1 Å². The molecule has 4 aliphatic carbocycles. The maximum atomic E-state index is 12.7. The molecule has 1 atom stereocenters. The summed E-state index contributed by atoms with van der Waals surface area (Å²) in [5, 5.41) is 5.46. The SMILES string of the molecule is Cc1csc(S[C@@H](C)C(=O)NC23CC4CC(CC(C4)C2)C3)n1. The van der Waals surface area contributed by atoms with E-state index in [2.05, 4.69) is 10.3 Å². The summed E-state index contributed by atoms with van der Waals surface area (Å²) in [6.45, 7) is 4.01. The summed E-state index contributed by atoms with van der Waals surface area (Å²) in [6, 6.07) is 0. The minimum atomic E-state index is -0.0569. The fraction of sp³-hybridized carbons (Fsp3) is 0.765. The van der Waals surface area contributed by atoms with Crippen molar-refractivity contribution in [1.82, 2.24) is 10.3 Å². The molecule has 1 N–H and O–H groups in total. The first-order valence-corrected chi connectivity index (χ1v) is 10.2. The van der Waals surface area contributed by atoms with E-state index in [4.69, 9.17) is 0 Å². The Morgan fingerprint density at radius 3 is 2.41 bits per heavy atom. The van der Waals surface area contributed by atoms with Crippen molar-refractivity contribution in [3.63, 3.8) is 0 Å². The molecule has 120 valence electrons. The fourth-order valence-corrected chi connectivity index (χ4v) is 7.20. The van der Waals surface area contributed by atoms with Crippen LogP contribution in [0.25, 0.3) is 0 Å². The van der Waals surface area contributed by atoms with Crippen molar-refractivity contribution >= 4 is 29.0 Å². The quantitative estimate of drug-likeness (QED) is 0.845. The second-order valence-corrected chi connectivity index (χ2v) is 10.1. The molecule has 5 rings (SSSR count). The summed E-state index contributed by atoms with van der Waals surface area (Å²) in [5.41, 5.74) is 1.17. The third-order valence-corrected chi connectivity index (χ3v) is 7.86. The molecule has 0 aromatic carbocycles. The number of nitrogens with one attached hydrogen (secondary N) is 1. The molecule has 4 fully saturated rings. The standard InChI is InChI=1S/C17H24N2OS2/c1-10-9-21-16(18-10)22-11(2)15(20)19-17-6-12-3-13(7-17)5-14(4-12)8-17/h9,11-14H,3-8H2,1-2H3,(H,19,20)/t11-,12?,13?,14?,17?/m0/s1. The molecule has 0 spiro atoms. The summed E-state index contributed by atoms with van der Waals surface area (Å²) < 4.78 is 1.01. The summed E-state index contributed by atoms with van der Waals surface area (Å²) in [6.07, 6.45) is 7.91. The van der Waals surface area contributed by atoms with E-state index in [1.54, 1.807) is 23.1 Å². The maximum Gasteiger partial charge on any atom is 0.233 e. The highest BCUT2D eigenvalue weighted by molar-refractivity contribution is 8.02. The number of rotatable bonds is 4. The van der Waals surface area contributed by atoms with Crippen LogP contribution in [0, 0.1) is 24.7 Å². The van der Waals surface area contributed by atoms with E-state index in [1.807, 2.05) is 19.2 Å². The second-order valence-electron chi connectivity index (χ2n) is 7.70. The molecule has 22 heavy (non-hydrogen) atoms. The van der Waals surface area contributed by atoms with Crippen LogP contribution in [0.2, 0.25) is 0 Å². The van der Waals surface area contributed by atoms with E-state index >= 15 is 0 Å². The van der Waals surface area contributed by atoms with Crippen molar-refractivity contribution in [2.75, 3.05) is 0 Å². The normalized spacial score (nSPS) is 37.3. The van der Waals surface area contributed by atoms with E-state index in [1.165, 1.54) is 38.5 Å². The Hall–Kier alpha value is -0.550. The van der Waals surface area contributed by atoms with E-state index in [9.17, 15) is 4.79 Å². The molecule has 0 radical (unpaired) electrons. The lowest BCUT2D eigenvalue weighted by atomic mass is 9.53. The molecule has 1 aromatic rings. The van der Waals surface area contributed by atoms with Crippen molar-refractivity contribution < 1.29 is 4.79 Å². The van der Waals surface area contributed by atoms with E-state index in [0.717, 1.165) is 27.8 Å². The molecule has 0 unspecified atom stereocenters. The first-order valence-electron chi connectivity index (χ1n) is 8.42. The minimum absolute atomic E-state index is 0.0569. The molecule has 0 aliphatic heterocycles. The highest BCUT2D eigenvalue weighted by atomic mass is 32.2. The number of aryl methyl sites for hydroxylation is 1. The van der Waals surface area contributed by atoms with Crippen LogP contribution >= 0.6 is 23.1 Å². The van der Waals surface area contributed by atoms with Gasteiger partial charge in [-0.25, -0.2) is 4.98 Å². The van der Waals surface area contributed by atoms with Gasteiger partial charge in [0.2, 0.25) is 5.91 Å².